The normalized spacial score (nSPS) is 11.0. The number of hydrogen-bond donors (Lipinski definition) is 7. The molecule has 428 valence electrons. The molecule has 0 saturated carbocycles. The molecule has 87 heavy (non-hydrogen) atoms. The van der Waals surface area contributed by atoms with Crippen molar-refractivity contribution < 1.29 is 38.4 Å². The molecule has 0 radical (unpaired) electrons. The van der Waals surface area contributed by atoms with Gasteiger partial charge in [-0.05, 0) is 199 Å². The van der Waals surface area contributed by atoms with Crippen LogP contribution in [0.3, 0.4) is 0 Å². The largest absolute Gasteiger partial charge is 0.322 e. The molecule has 0 spiro atoms. The number of rotatable bonds is 20. The fourth-order valence-corrected chi connectivity index (χ4v) is 9.53. The third kappa shape index (κ3) is 15.4. The van der Waals surface area contributed by atoms with E-state index in [0.717, 1.165) is 5.56 Å². The number of carbonyl (C=O) groups is 8. The van der Waals surface area contributed by atoms with Crippen molar-refractivity contribution in [3.05, 3.63) is 305 Å². The summed E-state index contributed by atoms with van der Waals surface area (Å²) in [5.74, 6) is -3.50. The molecule has 0 saturated heterocycles. The first-order valence-electron chi connectivity index (χ1n) is 27.9. The number of nitrogens with one attached hydrogen (secondary N) is 7. The molecular formula is C72H57N7O8. The van der Waals surface area contributed by atoms with Gasteiger partial charge in [-0.15, -0.1) is 0 Å². The van der Waals surface area contributed by atoms with Gasteiger partial charge in [0.15, 0.2) is 5.78 Å². The zero-order valence-electron chi connectivity index (χ0n) is 47.0. The van der Waals surface area contributed by atoms with Crippen LogP contribution in [0.4, 0.5) is 39.8 Å². The van der Waals surface area contributed by atoms with E-state index in [1.807, 2.05) is 43.3 Å². The maximum Gasteiger partial charge on any atom is 0.255 e. The monoisotopic (exact) mass is 1150 g/mol. The van der Waals surface area contributed by atoms with E-state index in [1.165, 1.54) is 54.6 Å². The minimum absolute atomic E-state index is 0.0453. The quantitative estimate of drug-likeness (QED) is 0.0363. The summed E-state index contributed by atoms with van der Waals surface area (Å²) in [6, 6.07) is 71.3. The highest BCUT2D eigenvalue weighted by Crippen LogP contribution is 2.33. The second kappa shape index (κ2) is 27.5. The fraction of sp³-hybridized carbons (Fsp3) is 0.0556. The van der Waals surface area contributed by atoms with Crippen molar-refractivity contribution >= 4 is 86.9 Å². The van der Waals surface area contributed by atoms with Crippen LogP contribution in [0.15, 0.2) is 255 Å². The second-order valence-electron chi connectivity index (χ2n) is 20.3. The Bertz CT molecular complexity index is 4020. The van der Waals surface area contributed by atoms with Crippen LogP contribution < -0.4 is 37.2 Å². The first kappa shape index (κ1) is 58.4. The molecule has 0 aromatic heterocycles. The van der Waals surface area contributed by atoms with Crippen LogP contribution >= 0.6 is 0 Å². The molecule has 10 rings (SSSR count). The highest BCUT2D eigenvalue weighted by molar-refractivity contribution is 6.12. The van der Waals surface area contributed by atoms with E-state index < -0.39 is 17.7 Å². The Balaban J connectivity index is 0.962. The number of carbonyl (C=O) groups excluding carboxylic acids is 8. The van der Waals surface area contributed by atoms with E-state index in [0.29, 0.717) is 68.2 Å². The van der Waals surface area contributed by atoms with Crippen molar-refractivity contribution in [2.45, 2.75) is 25.7 Å². The van der Waals surface area contributed by atoms with Crippen LogP contribution in [0.5, 0.6) is 0 Å². The number of ketones is 1. The number of para-hydroxylation sites is 2. The number of anilines is 7. The Morgan fingerprint density at radius 1 is 0.264 bits per heavy atom. The summed E-state index contributed by atoms with van der Waals surface area (Å²) in [6.07, 6.45) is 0.623. The van der Waals surface area contributed by atoms with Gasteiger partial charge in [-0.2, -0.15) is 0 Å². The maximum absolute atomic E-state index is 14.8. The Morgan fingerprint density at radius 2 is 0.540 bits per heavy atom. The van der Waals surface area contributed by atoms with Crippen LogP contribution in [0.1, 0.15) is 114 Å². The van der Waals surface area contributed by atoms with E-state index in [9.17, 15) is 38.4 Å². The van der Waals surface area contributed by atoms with Gasteiger partial charge in [0.25, 0.3) is 41.4 Å². The first-order valence-corrected chi connectivity index (χ1v) is 27.9. The first-order chi connectivity index (χ1) is 42.3. The number of amides is 7. The molecule has 10 aromatic carbocycles. The molecule has 15 heteroatoms. The van der Waals surface area contributed by atoms with Crippen LogP contribution in [0, 0.1) is 0 Å². The summed E-state index contributed by atoms with van der Waals surface area (Å²) in [6.45, 7) is 1.97. The number of benzene rings is 10. The van der Waals surface area contributed by atoms with Crippen LogP contribution in [-0.4, -0.2) is 47.1 Å². The van der Waals surface area contributed by atoms with E-state index in [4.69, 9.17) is 0 Å². The Morgan fingerprint density at radius 3 is 0.897 bits per heavy atom. The SMILES string of the molecule is CCC(CC(=O)c1cc(C(=O)Nc2ccc(NC(=O)c3ccccc3)cc2)cc(-c2cc(NC(=O)c3ccc(C(=O)Nc4ccccc4)cc3)cc(NC(=O)c3ccc(C(=O)Nc4ccccc4)cc3)c2)c1)c1ccc(NC(=O)c2ccccc2)cc1. The third-order valence-electron chi connectivity index (χ3n) is 14.2. The van der Waals surface area contributed by atoms with Crippen LogP contribution in [0.2, 0.25) is 0 Å². The average molecular weight is 1150 g/mol. The van der Waals surface area contributed by atoms with Crippen molar-refractivity contribution in [2.75, 3.05) is 37.2 Å². The zero-order chi connectivity index (χ0) is 60.7. The smallest absolute Gasteiger partial charge is 0.255 e. The number of hydrogen-bond acceptors (Lipinski definition) is 8. The summed E-state index contributed by atoms with van der Waals surface area (Å²) in [5.41, 5.74) is 7.14. The van der Waals surface area contributed by atoms with Crippen molar-refractivity contribution in [3.63, 3.8) is 0 Å². The van der Waals surface area contributed by atoms with Gasteiger partial charge in [-0.1, -0.05) is 91.9 Å². The molecule has 0 aliphatic carbocycles. The predicted octanol–water partition coefficient (Wildman–Crippen LogP) is 14.9. The van der Waals surface area contributed by atoms with E-state index in [1.54, 1.807) is 164 Å². The van der Waals surface area contributed by atoms with Gasteiger partial charge in [0, 0.05) is 90.7 Å². The van der Waals surface area contributed by atoms with Crippen LogP contribution in [0.25, 0.3) is 11.1 Å². The van der Waals surface area contributed by atoms with E-state index in [2.05, 4.69) is 37.2 Å². The van der Waals surface area contributed by atoms with Gasteiger partial charge in [-0.3, -0.25) is 38.4 Å². The van der Waals surface area contributed by atoms with Gasteiger partial charge in [-0.25, -0.2) is 0 Å². The van der Waals surface area contributed by atoms with Crippen molar-refractivity contribution in [1.29, 1.82) is 0 Å². The van der Waals surface area contributed by atoms with Gasteiger partial charge < -0.3 is 37.2 Å². The standard InChI is InChI=1S/C72H57N7O8/c1-2-46(47-31-33-60(34-32-47)75-66(81)48-15-7-3-8-16-48)44-65(80)56-39-54(40-57(41-56)72(87)77-62-37-35-61(36-38-62)76-67(82)49-17-9-4-10-18-49)55-42-63(78-70(85)52-27-23-50(24-28-52)68(83)73-58-19-11-5-12-20-58)45-64(43-55)79-71(86)53-29-25-51(26-30-53)69(84)74-59-21-13-6-14-22-59/h3-43,45-46H,2,44H2,1H3,(H,73,83)(H,74,84)(H,75,81)(H,76,82)(H,77,87)(H,78,85)(H,79,86). The molecule has 15 nitrogen and oxygen atoms in total. The summed E-state index contributed by atoms with van der Waals surface area (Å²) in [5, 5.41) is 20.2. The molecular weight excluding hydrogens is 1090 g/mol. The molecule has 0 aliphatic heterocycles. The molecule has 7 amide bonds. The topological polar surface area (TPSA) is 221 Å². The number of Topliss-reactive ketones (excluding diaryl/α,β-unsaturated/α-hetero) is 1. The van der Waals surface area contributed by atoms with Crippen molar-refractivity contribution in [3.8, 4) is 11.1 Å². The van der Waals surface area contributed by atoms with Crippen LogP contribution in [-0.2, 0) is 0 Å². The molecule has 1 unspecified atom stereocenters. The minimum atomic E-state index is -0.563. The molecule has 0 heterocycles. The van der Waals surface area contributed by atoms with Gasteiger partial charge >= 0.3 is 0 Å². The highest BCUT2D eigenvalue weighted by atomic mass is 16.2. The summed E-state index contributed by atoms with van der Waals surface area (Å²) in [7, 11) is 0. The molecule has 0 bridgehead atoms. The molecule has 0 aliphatic rings. The van der Waals surface area contributed by atoms with E-state index >= 15 is 0 Å². The fourth-order valence-electron chi connectivity index (χ4n) is 9.53. The second-order valence-corrected chi connectivity index (χ2v) is 20.3. The highest BCUT2D eigenvalue weighted by Gasteiger charge is 2.22. The lowest BCUT2D eigenvalue weighted by Crippen LogP contribution is -2.16. The van der Waals surface area contributed by atoms with E-state index in [-0.39, 0.29) is 75.4 Å². The molecule has 0 fully saturated rings. The summed E-state index contributed by atoms with van der Waals surface area (Å²) < 4.78 is 0. The summed E-state index contributed by atoms with van der Waals surface area (Å²) in [4.78, 5) is 109. The maximum atomic E-state index is 14.8. The van der Waals surface area contributed by atoms with Gasteiger partial charge in [0.05, 0.1) is 0 Å². The molecule has 10 aromatic rings. The third-order valence-corrected chi connectivity index (χ3v) is 14.2. The molecule has 7 N–H and O–H groups in total. The van der Waals surface area contributed by atoms with Crippen molar-refractivity contribution in [2.24, 2.45) is 0 Å². The Hall–Kier alpha value is -11.8. The predicted molar refractivity (Wildman–Crippen MR) is 341 cm³/mol. The lowest BCUT2D eigenvalue weighted by Gasteiger charge is -2.17. The Labute approximate surface area is 501 Å². The summed E-state index contributed by atoms with van der Waals surface area (Å²) >= 11 is 0. The van der Waals surface area contributed by atoms with Gasteiger partial charge in [0.1, 0.15) is 0 Å². The lowest BCUT2D eigenvalue weighted by atomic mass is 9.88. The lowest BCUT2D eigenvalue weighted by molar-refractivity contribution is 0.0968. The minimum Gasteiger partial charge on any atom is -0.322 e. The average Bonchev–Trinajstić information content (AvgIpc) is 2.41. The zero-order valence-corrected chi connectivity index (χ0v) is 47.0. The van der Waals surface area contributed by atoms with Crippen molar-refractivity contribution in [1.82, 2.24) is 0 Å². The Kier molecular flexibility index (Phi) is 18.4. The molecule has 1 atom stereocenters. The van der Waals surface area contributed by atoms with Gasteiger partial charge in [0.2, 0.25) is 0 Å².